The van der Waals surface area contributed by atoms with Crippen molar-refractivity contribution in [3.63, 3.8) is 0 Å². The molecule has 0 radical (unpaired) electrons. The lowest BCUT2D eigenvalue weighted by molar-refractivity contribution is 0.144. The zero-order chi connectivity index (χ0) is 14.0. The summed E-state index contributed by atoms with van der Waals surface area (Å²) in [6.45, 7) is 4.39. The second kappa shape index (κ2) is 5.58. The number of piperidine rings is 1. The van der Waals surface area contributed by atoms with Crippen LogP contribution in [0, 0.1) is 5.41 Å². The van der Waals surface area contributed by atoms with Crippen LogP contribution in [0.2, 0.25) is 0 Å². The Morgan fingerprint density at radius 2 is 1.80 bits per heavy atom. The van der Waals surface area contributed by atoms with Crippen LogP contribution in [0.1, 0.15) is 57.4 Å². The number of hydrogen-bond acceptors (Lipinski definition) is 4. The van der Waals surface area contributed by atoms with E-state index in [1.165, 1.54) is 44.9 Å². The van der Waals surface area contributed by atoms with Gasteiger partial charge in [0.15, 0.2) is 0 Å². The summed E-state index contributed by atoms with van der Waals surface area (Å²) < 4.78 is 0. The fourth-order valence-electron chi connectivity index (χ4n) is 4.02. The van der Waals surface area contributed by atoms with E-state index in [1.807, 2.05) is 0 Å². The normalized spacial score (nSPS) is 22.1. The van der Waals surface area contributed by atoms with Crippen molar-refractivity contribution in [2.24, 2.45) is 5.41 Å². The molecular weight excluding hydrogens is 248 g/mol. The Morgan fingerprint density at radius 3 is 2.45 bits per heavy atom. The van der Waals surface area contributed by atoms with Crippen LogP contribution in [0.3, 0.4) is 0 Å². The summed E-state index contributed by atoms with van der Waals surface area (Å²) in [5.74, 6) is 1.72. The van der Waals surface area contributed by atoms with Gasteiger partial charge in [-0.3, -0.25) is 0 Å². The van der Waals surface area contributed by atoms with Crippen LogP contribution in [0.15, 0.2) is 6.33 Å². The molecular formula is C16H26N4. The Balaban J connectivity index is 1.73. The molecule has 1 spiro atoms. The van der Waals surface area contributed by atoms with E-state index in [-0.39, 0.29) is 0 Å². The second-order valence-electron chi connectivity index (χ2n) is 6.46. The van der Waals surface area contributed by atoms with Crippen LogP contribution in [0.25, 0.3) is 0 Å². The fraction of sp³-hybridized carbons (Fsp3) is 0.750. The minimum atomic E-state index is 0.639. The average molecular weight is 274 g/mol. The van der Waals surface area contributed by atoms with Gasteiger partial charge in [-0.05, 0) is 37.5 Å². The Labute approximate surface area is 121 Å². The van der Waals surface area contributed by atoms with E-state index in [9.17, 15) is 0 Å². The first-order valence-electron chi connectivity index (χ1n) is 8.08. The van der Waals surface area contributed by atoms with Gasteiger partial charge in [0.1, 0.15) is 18.0 Å². The van der Waals surface area contributed by atoms with Crippen molar-refractivity contribution in [1.29, 1.82) is 0 Å². The molecule has 4 heteroatoms. The molecule has 110 valence electrons. The number of aromatic nitrogens is 2. The topological polar surface area (TPSA) is 55.0 Å². The lowest BCUT2D eigenvalue weighted by Crippen LogP contribution is -2.42. The number of nitrogen functional groups attached to an aromatic ring is 1. The lowest BCUT2D eigenvalue weighted by Gasteiger charge is -2.45. The van der Waals surface area contributed by atoms with E-state index in [1.54, 1.807) is 6.33 Å². The maximum atomic E-state index is 6.00. The van der Waals surface area contributed by atoms with Gasteiger partial charge in [-0.2, -0.15) is 0 Å². The van der Waals surface area contributed by atoms with Gasteiger partial charge in [0, 0.05) is 18.7 Å². The second-order valence-corrected chi connectivity index (χ2v) is 6.46. The predicted molar refractivity (Wildman–Crippen MR) is 82.8 cm³/mol. The molecule has 1 saturated carbocycles. The van der Waals surface area contributed by atoms with Crippen LogP contribution in [-0.4, -0.2) is 23.1 Å². The van der Waals surface area contributed by atoms with Crippen LogP contribution < -0.4 is 10.6 Å². The summed E-state index contributed by atoms with van der Waals surface area (Å²) in [7, 11) is 0. The predicted octanol–water partition coefficient (Wildman–Crippen LogP) is 3.17. The third-order valence-corrected chi connectivity index (χ3v) is 5.35. The summed E-state index contributed by atoms with van der Waals surface area (Å²) in [6, 6.07) is 0. The molecule has 1 saturated heterocycles. The molecule has 2 aliphatic rings. The highest BCUT2D eigenvalue weighted by molar-refractivity contribution is 5.56. The molecule has 2 fully saturated rings. The third-order valence-electron chi connectivity index (χ3n) is 5.35. The van der Waals surface area contributed by atoms with Gasteiger partial charge in [-0.1, -0.05) is 26.2 Å². The van der Waals surface area contributed by atoms with Gasteiger partial charge in [-0.15, -0.1) is 0 Å². The van der Waals surface area contributed by atoms with Gasteiger partial charge < -0.3 is 10.6 Å². The number of rotatable bonds is 2. The van der Waals surface area contributed by atoms with E-state index in [4.69, 9.17) is 5.73 Å². The van der Waals surface area contributed by atoms with Crippen molar-refractivity contribution in [3.8, 4) is 0 Å². The first-order chi connectivity index (χ1) is 9.74. The van der Waals surface area contributed by atoms with Crippen molar-refractivity contribution >= 4 is 11.6 Å². The maximum absolute atomic E-state index is 6.00. The minimum Gasteiger partial charge on any atom is -0.383 e. The molecule has 1 aliphatic heterocycles. The number of nitrogens with zero attached hydrogens (tertiary/aromatic N) is 3. The van der Waals surface area contributed by atoms with Gasteiger partial charge in [0.2, 0.25) is 0 Å². The van der Waals surface area contributed by atoms with E-state index >= 15 is 0 Å². The number of anilines is 2. The van der Waals surface area contributed by atoms with Crippen molar-refractivity contribution in [2.45, 2.75) is 58.3 Å². The first-order valence-corrected chi connectivity index (χ1v) is 8.08. The first kappa shape index (κ1) is 13.7. The zero-order valence-corrected chi connectivity index (χ0v) is 12.6. The highest BCUT2D eigenvalue weighted by atomic mass is 15.2. The Morgan fingerprint density at radius 1 is 1.10 bits per heavy atom. The van der Waals surface area contributed by atoms with Crippen molar-refractivity contribution < 1.29 is 0 Å². The zero-order valence-electron chi connectivity index (χ0n) is 12.6. The smallest absolute Gasteiger partial charge is 0.137 e. The van der Waals surface area contributed by atoms with Crippen LogP contribution in [-0.2, 0) is 6.42 Å². The highest BCUT2D eigenvalue weighted by Crippen LogP contribution is 2.45. The van der Waals surface area contributed by atoms with Crippen molar-refractivity contribution in [1.82, 2.24) is 9.97 Å². The summed E-state index contributed by atoms with van der Waals surface area (Å²) in [4.78, 5) is 11.1. The summed E-state index contributed by atoms with van der Waals surface area (Å²) >= 11 is 0. The summed E-state index contributed by atoms with van der Waals surface area (Å²) in [6.07, 6.45) is 12.3. The SMILES string of the molecule is CCc1c(N)ncnc1N1CCC2(CCCCC2)CC1. The maximum Gasteiger partial charge on any atom is 0.137 e. The molecule has 1 aromatic rings. The number of hydrogen-bond donors (Lipinski definition) is 1. The number of nitrogens with two attached hydrogens (primary N) is 1. The molecule has 4 nitrogen and oxygen atoms in total. The van der Waals surface area contributed by atoms with Gasteiger partial charge in [-0.25, -0.2) is 9.97 Å². The largest absolute Gasteiger partial charge is 0.383 e. The molecule has 0 atom stereocenters. The van der Waals surface area contributed by atoms with Crippen molar-refractivity contribution in [2.75, 3.05) is 23.7 Å². The van der Waals surface area contributed by atoms with Gasteiger partial charge in [0.25, 0.3) is 0 Å². The van der Waals surface area contributed by atoms with E-state index in [0.29, 0.717) is 11.2 Å². The Kier molecular flexibility index (Phi) is 3.81. The molecule has 0 aromatic carbocycles. The summed E-state index contributed by atoms with van der Waals surface area (Å²) in [5.41, 5.74) is 7.75. The Bertz CT molecular complexity index is 456. The molecule has 1 aliphatic carbocycles. The van der Waals surface area contributed by atoms with Crippen LogP contribution in [0.4, 0.5) is 11.6 Å². The monoisotopic (exact) mass is 274 g/mol. The molecule has 2 N–H and O–H groups in total. The van der Waals surface area contributed by atoms with E-state index < -0.39 is 0 Å². The van der Waals surface area contributed by atoms with Crippen molar-refractivity contribution in [3.05, 3.63) is 11.9 Å². The Hall–Kier alpha value is -1.32. The lowest BCUT2D eigenvalue weighted by atomic mass is 9.68. The molecule has 0 unspecified atom stereocenters. The van der Waals surface area contributed by atoms with E-state index in [0.717, 1.165) is 30.9 Å². The molecule has 0 amide bonds. The molecule has 3 rings (SSSR count). The summed E-state index contributed by atoms with van der Waals surface area (Å²) in [5, 5.41) is 0. The molecule has 0 bridgehead atoms. The minimum absolute atomic E-state index is 0.639. The van der Waals surface area contributed by atoms with Crippen LogP contribution >= 0.6 is 0 Å². The van der Waals surface area contributed by atoms with E-state index in [2.05, 4.69) is 21.8 Å². The fourth-order valence-corrected chi connectivity index (χ4v) is 4.02. The standard InChI is InChI=1S/C16H26N4/c1-2-13-14(17)18-12-19-15(13)20-10-8-16(9-11-20)6-4-3-5-7-16/h12H,2-11H2,1H3,(H2,17,18,19). The molecule has 2 heterocycles. The highest BCUT2D eigenvalue weighted by Gasteiger charge is 2.36. The average Bonchev–Trinajstić information content (AvgIpc) is 2.49. The quantitative estimate of drug-likeness (QED) is 0.900. The van der Waals surface area contributed by atoms with Gasteiger partial charge in [0.05, 0.1) is 0 Å². The van der Waals surface area contributed by atoms with Gasteiger partial charge >= 0.3 is 0 Å². The van der Waals surface area contributed by atoms with Crippen LogP contribution in [0.5, 0.6) is 0 Å². The molecule has 20 heavy (non-hydrogen) atoms. The molecule has 1 aromatic heterocycles. The third kappa shape index (κ3) is 2.48.